The van der Waals surface area contributed by atoms with Gasteiger partial charge in [0.05, 0.1) is 26.7 Å². The van der Waals surface area contributed by atoms with Crippen LogP contribution >= 0.6 is 11.6 Å². The molecule has 0 aliphatic rings. The fraction of sp³-hybridized carbons (Fsp3) is 0.200. The van der Waals surface area contributed by atoms with Gasteiger partial charge in [-0.2, -0.15) is 4.31 Å². The van der Waals surface area contributed by atoms with Gasteiger partial charge in [-0.05, 0) is 30.3 Å². The highest BCUT2D eigenvalue weighted by Gasteiger charge is 2.24. The summed E-state index contributed by atoms with van der Waals surface area (Å²) in [6.07, 6.45) is 1.64. The van der Waals surface area contributed by atoms with Gasteiger partial charge in [-0.3, -0.25) is 9.78 Å². The van der Waals surface area contributed by atoms with E-state index >= 15 is 0 Å². The number of amides is 1. The molecule has 28 heavy (non-hydrogen) atoms. The highest BCUT2D eigenvalue weighted by molar-refractivity contribution is 7.89. The molecule has 0 spiro atoms. The predicted molar refractivity (Wildman–Crippen MR) is 111 cm³/mol. The minimum atomic E-state index is -3.70. The molecule has 8 heteroatoms. The van der Waals surface area contributed by atoms with Crippen molar-refractivity contribution in [3.05, 3.63) is 65.3 Å². The molecule has 1 amide bonds. The van der Waals surface area contributed by atoms with Gasteiger partial charge >= 0.3 is 0 Å². The zero-order valence-electron chi connectivity index (χ0n) is 15.5. The molecular weight excluding hydrogens is 398 g/mol. The van der Waals surface area contributed by atoms with Crippen molar-refractivity contribution in [2.24, 2.45) is 0 Å². The van der Waals surface area contributed by atoms with Gasteiger partial charge in [0.2, 0.25) is 10.0 Å². The second kappa shape index (κ2) is 8.26. The van der Waals surface area contributed by atoms with Crippen molar-refractivity contribution >= 4 is 44.1 Å². The minimum absolute atomic E-state index is 0.0294. The number of rotatable bonds is 6. The van der Waals surface area contributed by atoms with Crippen LogP contribution in [0.3, 0.4) is 0 Å². The van der Waals surface area contributed by atoms with Crippen molar-refractivity contribution in [3.8, 4) is 0 Å². The lowest BCUT2D eigenvalue weighted by Crippen LogP contribution is -2.30. The van der Waals surface area contributed by atoms with Crippen LogP contribution in [0, 0.1) is 0 Å². The van der Waals surface area contributed by atoms with Gasteiger partial charge in [-0.25, -0.2) is 8.42 Å². The highest BCUT2D eigenvalue weighted by Crippen LogP contribution is 2.26. The molecule has 1 heterocycles. The Labute approximate surface area is 169 Å². The Kier molecular flexibility index (Phi) is 5.98. The number of nitrogens with zero attached hydrogens (tertiary/aromatic N) is 2. The third-order valence-electron chi connectivity index (χ3n) is 4.41. The number of hydrogen-bond donors (Lipinski definition) is 1. The number of carbonyl (C=O) groups excluding carboxylic acids is 1. The van der Waals surface area contributed by atoms with E-state index in [1.807, 2.05) is 24.3 Å². The van der Waals surface area contributed by atoms with E-state index in [2.05, 4.69) is 10.3 Å². The quantitative estimate of drug-likeness (QED) is 0.652. The Hall–Kier alpha value is -2.48. The maximum Gasteiger partial charge on any atom is 0.257 e. The lowest BCUT2D eigenvalue weighted by Gasteiger charge is -2.19. The first-order chi connectivity index (χ1) is 13.4. The van der Waals surface area contributed by atoms with Crippen molar-refractivity contribution in [3.63, 3.8) is 0 Å². The molecule has 0 unspecified atom stereocenters. The van der Waals surface area contributed by atoms with Crippen LogP contribution in [0.15, 0.2) is 59.6 Å². The Bertz CT molecular complexity index is 1120. The SMILES string of the molecule is CCN(CC)S(=O)(=O)c1ccc(Cl)c(C(=O)Nc2cccc3cccnc23)c1. The molecule has 0 bridgehead atoms. The van der Waals surface area contributed by atoms with E-state index in [0.29, 0.717) is 24.3 Å². The summed E-state index contributed by atoms with van der Waals surface area (Å²) < 4.78 is 26.8. The third-order valence-corrected chi connectivity index (χ3v) is 6.78. The number of carbonyl (C=O) groups is 1. The van der Waals surface area contributed by atoms with Gasteiger partial charge in [0.25, 0.3) is 5.91 Å². The zero-order chi connectivity index (χ0) is 20.3. The average molecular weight is 418 g/mol. The van der Waals surface area contributed by atoms with Gasteiger partial charge in [0.15, 0.2) is 0 Å². The molecule has 3 rings (SSSR count). The van der Waals surface area contributed by atoms with Crippen molar-refractivity contribution in [1.29, 1.82) is 0 Å². The van der Waals surface area contributed by atoms with Crippen LogP contribution in [-0.2, 0) is 10.0 Å². The standard InChI is InChI=1S/C20H20ClN3O3S/c1-3-24(4-2)28(26,27)15-10-11-17(21)16(13-15)20(25)23-18-9-5-7-14-8-6-12-22-19(14)18/h5-13H,3-4H2,1-2H3,(H,23,25). The largest absolute Gasteiger partial charge is 0.320 e. The van der Waals surface area contributed by atoms with E-state index in [-0.39, 0.29) is 15.5 Å². The molecule has 0 aliphatic heterocycles. The molecule has 0 atom stereocenters. The third kappa shape index (κ3) is 3.87. The first-order valence-corrected chi connectivity index (χ1v) is 10.6. The average Bonchev–Trinajstić information content (AvgIpc) is 2.69. The molecule has 0 aliphatic carbocycles. The van der Waals surface area contributed by atoms with Gasteiger partial charge in [-0.15, -0.1) is 0 Å². The van der Waals surface area contributed by atoms with Crippen LogP contribution in [0.4, 0.5) is 5.69 Å². The fourth-order valence-electron chi connectivity index (χ4n) is 2.95. The predicted octanol–water partition coefficient (Wildman–Crippen LogP) is 4.17. The van der Waals surface area contributed by atoms with E-state index in [9.17, 15) is 13.2 Å². The number of fused-ring (bicyclic) bond motifs is 1. The van der Waals surface area contributed by atoms with Crippen molar-refractivity contribution in [2.75, 3.05) is 18.4 Å². The topological polar surface area (TPSA) is 79.4 Å². The Morgan fingerprint density at radius 2 is 1.82 bits per heavy atom. The van der Waals surface area contributed by atoms with E-state index in [1.54, 1.807) is 26.1 Å². The van der Waals surface area contributed by atoms with Crippen LogP contribution in [0.5, 0.6) is 0 Å². The monoisotopic (exact) mass is 417 g/mol. The molecule has 146 valence electrons. The maximum atomic E-state index is 12.8. The Balaban J connectivity index is 1.98. The van der Waals surface area contributed by atoms with E-state index in [1.165, 1.54) is 22.5 Å². The molecule has 2 aromatic carbocycles. The Morgan fingerprint density at radius 3 is 2.54 bits per heavy atom. The number of halogens is 1. The molecular formula is C20H20ClN3O3S. The molecule has 1 N–H and O–H groups in total. The second-order valence-corrected chi connectivity index (χ2v) is 8.41. The summed E-state index contributed by atoms with van der Waals surface area (Å²) in [7, 11) is -3.70. The van der Waals surface area contributed by atoms with E-state index < -0.39 is 15.9 Å². The lowest BCUT2D eigenvalue weighted by atomic mass is 10.1. The number of anilines is 1. The first kappa shape index (κ1) is 20.3. The molecule has 6 nitrogen and oxygen atoms in total. The van der Waals surface area contributed by atoms with Crippen LogP contribution in [0.1, 0.15) is 24.2 Å². The maximum absolute atomic E-state index is 12.8. The molecule has 3 aromatic rings. The van der Waals surface area contributed by atoms with E-state index in [4.69, 9.17) is 11.6 Å². The molecule has 0 radical (unpaired) electrons. The number of para-hydroxylation sites is 1. The van der Waals surface area contributed by atoms with Gasteiger partial charge in [0, 0.05) is 24.7 Å². The summed E-state index contributed by atoms with van der Waals surface area (Å²) >= 11 is 6.19. The molecule has 1 aromatic heterocycles. The summed E-state index contributed by atoms with van der Waals surface area (Å²) in [6, 6.07) is 13.3. The van der Waals surface area contributed by atoms with Gasteiger partial charge < -0.3 is 5.32 Å². The zero-order valence-corrected chi connectivity index (χ0v) is 17.1. The van der Waals surface area contributed by atoms with Crippen LogP contribution in [0.25, 0.3) is 10.9 Å². The van der Waals surface area contributed by atoms with Crippen LogP contribution in [-0.4, -0.2) is 36.7 Å². The normalized spacial score (nSPS) is 11.7. The minimum Gasteiger partial charge on any atom is -0.320 e. The molecule has 0 saturated heterocycles. The summed E-state index contributed by atoms with van der Waals surface area (Å²) in [5.41, 5.74) is 1.25. The van der Waals surface area contributed by atoms with Crippen molar-refractivity contribution in [2.45, 2.75) is 18.7 Å². The van der Waals surface area contributed by atoms with Crippen molar-refractivity contribution in [1.82, 2.24) is 9.29 Å². The van der Waals surface area contributed by atoms with Gasteiger partial charge in [0.1, 0.15) is 0 Å². The smallest absolute Gasteiger partial charge is 0.257 e. The second-order valence-electron chi connectivity index (χ2n) is 6.07. The van der Waals surface area contributed by atoms with Crippen molar-refractivity contribution < 1.29 is 13.2 Å². The number of sulfonamides is 1. The summed E-state index contributed by atoms with van der Waals surface area (Å²) in [5, 5.41) is 3.83. The highest BCUT2D eigenvalue weighted by atomic mass is 35.5. The fourth-order valence-corrected chi connectivity index (χ4v) is 4.63. The number of pyridine rings is 1. The molecule has 0 saturated carbocycles. The lowest BCUT2D eigenvalue weighted by molar-refractivity contribution is 0.102. The van der Waals surface area contributed by atoms with E-state index in [0.717, 1.165) is 5.39 Å². The summed E-state index contributed by atoms with van der Waals surface area (Å²) in [4.78, 5) is 17.2. The number of hydrogen-bond acceptors (Lipinski definition) is 4. The van der Waals surface area contributed by atoms with Gasteiger partial charge in [-0.1, -0.05) is 43.6 Å². The van der Waals surface area contributed by atoms with Crippen LogP contribution < -0.4 is 5.32 Å². The summed E-state index contributed by atoms with van der Waals surface area (Å²) in [5.74, 6) is -0.500. The first-order valence-electron chi connectivity index (χ1n) is 8.83. The number of nitrogens with one attached hydrogen (secondary N) is 1. The summed E-state index contributed by atoms with van der Waals surface area (Å²) in [6.45, 7) is 4.20. The number of benzene rings is 2. The number of aromatic nitrogens is 1. The Morgan fingerprint density at radius 1 is 1.11 bits per heavy atom. The molecule has 0 fully saturated rings. The van der Waals surface area contributed by atoms with Crippen LogP contribution in [0.2, 0.25) is 5.02 Å².